The predicted octanol–water partition coefficient (Wildman–Crippen LogP) is 2.39. The van der Waals surface area contributed by atoms with Crippen LogP contribution in [0, 0.1) is 11.8 Å². The first kappa shape index (κ1) is 15.0. The van der Waals surface area contributed by atoms with Crippen molar-refractivity contribution in [3.63, 3.8) is 0 Å². The molecule has 1 aliphatic carbocycles. The molecule has 1 aliphatic heterocycles. The minimum atomic E-state index is 0.128. The van der Waals surface area contributed by atoms with Gasteiger partial charge >= 0.3 is 6.03 Å². The molecular formula is C14H26N2O2. The van der Waals surface area contributed by atoms with E-state index in [4.69, 9.17) is 0 Å². The summed E-state index contributed by atoms with van der Waals surface area (Å²) in [4.78, 5) is 27.0. The Morgan fingerprint density at radius 2 is 1.78 bits per heavy atom. The summed E-state index contributed by atoms with van der Waals surface area (Å²) in [6.07, 6.45) is 2.36. The van der Waals surface area contributed by atoms with Gasteiger partial charge in [0.25, 0.3) is 0 Å². The molecule has 2 aliphatic rings. The van der Waals surface area contributed by atoms with Crippen LogP contribution in [0.1, 0.15) is 40.0 Å². The van der Waals surface area contributed by atoms with Gasteiger partial charge in [-0.2, -0.15) is 0 Å². The third-order valence-electron chi connectivity index (χ3n) is 3.71. The second-order valence-corrected chi connectivity index (χ2v) is 5.08. The second kappa shape index (κ2) is 6.76. The van der Waals surface area contributed by atoms with Crippen molar-refractivity contribution in [2.45, 2.75) is 40.0 Å². The Kier molecular flexibility index (Phi) is 5.63. The van der Waals surface area contributed by atoms with Crippen LogP contribution in [-0.2, 0) is 4.79 Å². The van der Waals surface area contributed by atoms with E-state index < -0.39 is 0 Å². The zero-order valence-electron chi connectivity index (χ0n) is 12.1. The summed E-state index contributed by atoms with van der Waals surface area (Å²) >= 11 is 0. The molecular weight excluding hydrogens is 228 g/mol. The first-order valence-corrected chi connectivity index (χ1v) is 7.13. The zero-order valence-corrected chi connectivity index (χ0v) is 12.1. The lowest BCUT2D eigenvalue weighted by atomic mass is 10.0. The van der Waals surface area contributed by atoms with E-state index in [1.807, 2.05) is 25.8 Å². The Morgan fingerprint density at radius 1 is 1.28 bits per heavy atom. The summed E-state index contributed by atoms with van der Waals surface area (Å²) < 4.78 is 0. The molecule has 0 aromatic rings. The van der Waals surface area contributed by atoms with E-state index in [-0.39, 0.29) is 6.03 Å². The highest BCUT2D eigenvalue weighted by molar-refractivity contribution is 5.82. The number of likely N-dealkylation sites (tertiary alicyclic amines) is 1. The Hall–Kier alpha value is -1.06. The fourth-order valence-electron chi connectivity index (χ4n) is 2.90. The number of amides is 2. The quantitative estimate of drug-likeness (QED) is 0.759. The van der Waals surface area contributed by atoms with E-state index in [2.05, 4.69) is 6.92 Å². The maximum Gasteiger partial charge on any atom is 0.319 e. The monoisotopic (exact) mass is 254 g/mol. The Morgan fingerprint density at radius 3 is 2.22 bits per heavy atom. The van der Waals surface area contributed by atoms with E-state index in [1.54, 1.807) is 4.90 Å². The van der Waals surface area contributed by atoms with Gasteiger partial charge in [-0.3, -0.25) is 4.79 Å². The number of rotatable bonds is 2. The molecule has 104 valence electrons. The van der Waals surface area contributed by atoms with Crippen molar-refractivity contribution in [2.75, 3.05) is 26.7 Å². The number of urea groups is 1. The standard InChI is InChI=1S/C12H20N2O2.C2H6/c1-3-4-13(2)12(16)14-7-9-5-11(15)6-10(9)8-14;1-2/h9-10H,3-8H2,1-2H3;1-2H3/t9-,10+;. The maximum atomic E-state index is 12.0. The molecule has 4 nitrogen and oxygen atoms in total. The fourth-order valence-corrected chi connectivity index (χ4v) is 2.90. The normalized spacial score (nSPS) is 25.6. The van der Waals surface area contributed by atoms with Gasteiger partial charge in [-0.05, 0) is 18.3 Å². The number of carbonyl (C=O) groups is 2. The van der Waals surface area contributed by atoms with E-state index >= 15 is 0 Å². The molecule has 0 N–H and O–H groups in total. The van der Waals surface area contributed by atoms with Crippen LogP contribution in [0.4, 0.5) is 4.79 Å². The van der Waals surface area contributed by atoms with Gasteiger partial charge in [0.1, 0.15) is 5.78 Å². The largest absolute Gasteiger partial charge is 0.328 e. The topological polar surface area (TPSA) is 40.6 Å². The van der Waals surface area contributed by atoms with Crippen LogP contribution >= 0.6 is 0 Å². The Bertz CT molecular complexity index is 288. The van der Waals surface area contributed by atoms with Crippen LogP contribution in [0.3, 0.4) is 0 Å². The molecule has 1 saturated heterocycles. The fraction of sp³-hybridized carbons (Fsp3) is 0.857. The van der Waals surface area contributed by atoms with E-state index in [0.29, 0.717) is 30.5 Å². The molecule has 0 aromatic heterocycles. The summed E-state index contributed by atoms with van der Waals surface area (Å²) in [5, 5.41) is 0. The SMILES string of the molecule is CC.CCCN(C)C(=O)N1C[C@H]2CC(=O)C[C@H]2C1. The van der Waals surface area contributed by atoms with Crippen molar-refractivity contribution in [3.8, 4) is 0 Å². The second-order valence-electron chi connectivity index (χ2n) is 5.08. The molecule has 4 heteroatoms. The molecule has 1 heterocycles. The number of Topliss-reactive ketones (excluding diaryl/α,β-unsaturated/α-hetero) is 1. The van der Waals surface area contributed by atoms with Gasteiger partial charge in [0.05, 0.1) is 0 Å². The van der Waals surface area contributed by atoms with Crippen LogP contribution < -0.4 is 0 Å². The van der Waals surface area contributed by atoms with Crippen LogP contribution in [-0.4, -0.2) is 48.3 Å². The van der Waals surface area contributed by atoms with Crippen molar-refractivity contribution in [3.05, 3.63) is 0 Å². The Balaban J connectivity index is 0.000000771. The molecule has 0 bridgehead atoms. The van der Waals surface area contributed by atoms with Crippen molar-refractivity contribution < 1.29 is 9.59 Å². The maximum absolute atomic E-state index is 12.0. The average molecular weight is 254 g/mol. The van der Waals surface area contributed by atoms with Crippen LogP contribution in [0.2, 0.25) is 0 Å². The summed E-state index contributed by atoms with van der Waals surface area (Å²) in [6, 6.07) is 0.128. The highest BCUT2D eigenvalue weighted by Crippen LogP contribution is 2.36. The minimum absolute atomic E-state index is 0.128. The number of carbonyl (C=O) groups excluding carboxylic acids is 2. The lowest BCUT2D eigenvalue weighted by Gasteiger charge is -2.24. The minimum Gasteiger partial charge on any atom is -0.328 e. The van der Waals surface area contributed by atoms with Crippen LogP contribution in [0.15, 0.2) is 0 Å². The van der Waals surface area contributed by atoms with Crippen molar-refractivity contribution in [1.82, 2.24) is 9.80 Å². The van der Waals surface area contributed by atoms with Gasteiger partial charge in [-0.15, -0.1) is 0 Å². The first-order chi connectivity index (χ1) is 8.61. The number of hydrogen-bond donors (Lipinski definition) is 0. The van der Waals surface area contributed by atoms with Gasteiger partial charge in [0, 0.05) is 39.5 Å². The lowest BCUT2D eigenvalue weighted by molar-refractivity contribution is -0.117. The third-order valence-corrected chi connectivity index (χ3v) is 3.71. The van der Waals surface area contributed by atoms with Crippen LogP contribution in [0.25, 0.3) is 0 Å². The first-order valence-electron chi connectivity index (χ1n) is 7.13. The van der Waals surface area contributed by atoms with E-state index in [9.17, 15) is 9.59 Å². The number of fused-ring (bicyclic) bond motifs is 1. The summed E-state index contributed by atoms with van der Waals surface area (Å²) in [5.74, 6) is 1.25. The highest BCUT2D eigenvalue weighted by atomic mass is 16.2. The third kappa shape index (κ3) is 3.24. The van der Waals surface area contributed by atoms with E-state index in [0.717, 1.165) is 26.1 Å². The number of ketones is 1. The van der Waals surface area contributed by atoms with Gasteiger partial charge in [-0.1, -0.05) is 20.8 Å². The predicted molar refractivity (Wildman–Crippen MR) is 72.5 cm³/mol. The van der Waals surface area contributed by atoms with Gasteiger partial charge < -0.3 is 9.80 Å². The zero-order chi connectivity index (χ0) is 13.7. The Labute approximate surface area is 110 Å². The molecule has 0 spiro atoms. The highest BCUT2D eigenvalue weighted by Gasteiger charge is 2.42. The molecule has 18 heavy (non-hydrogen) atoms. The summed E-state index contributed by atoms with van der Waals surface area (Å²) in [5.41, 5.74) is 0. The lowest BCUT2D eigenvalue weighted by Crippen LogP contribution is -2.40. The molecule has 2 fully saturated rings. The molecule has 2 atom stereocenters. The van der Waals surface area contributed by atoms with E-state index in [1.165, 1.54) is 0 Å². The number of nitrogens with zero attached hydrogens (tertiary/aromatic N) is 2. The molecule has 0 aromatic carbocycles. The van der Waals surface area contributed by atoms with Gasteiger partial charge in [0.2, 0.25) is 0 Å². The molecule has 2 rings (SSSR count). The smallest absolute Gasteiger partial charge is 0.319 e. The molecule has 0 unspecified atom stereocenters. The molecule has 1 saturated carbocycles. The molecule has 2 amide bonds. The van der Waals surface area contributed by atoms with Crippen molar-refractivity contribution in [2.24, 2.45) is 11.8 Å². The summed E-state index contributed by atoms with van der Waals surface area (Å²) in [6.45, 7) is 8.44. The summed E-state index contributed by atoms with van der Waals surface area (Å²) in [7, 11) is 1.85. The van der Waals surface area contributed by atoms with Crippen molar-refractivity contribution >= 4 is 11.8 Å². The number of hydrogen-bond acceptors (Lipinski definition) is 2. The van der Waals surface area contributed by atoms with Crippen LogP contribution in [0.5, 0.6) is 0 Å². The average Bonchev–Trinajstić information content (AvgIpc) is 2.88. The molecule has 0 radical (unpaired) electrons. The van der Waals surface area contributed by atoms with Gasteiger partial charge in [-0.25, -0.2) is 4.79 Å². The van der Waals surface area contributed by atoms with Gasteiger partial charge in [0.15, 0.2) is 0 Å². The van der Waals surface area contributed by atoms with Crippen molar-refractivity contribution in [1.29, 1.82) is 0 Å².